The molecule has 3 heteroatoms. The van der Waals surface area contributed by atoms with Gasteiger partial charge in [-0.25, -0.2) is 0 Å². The van der Waals surface area contributed by atoms with Gasteiger partial charge in [0.15, 0.2) is 0 Å². The molecule has 0 aliphatic carbocycles. The van der Waals surface area contributed by atoms with Crippen LogP contribution in [0.2, 0.25) is 0 Å². The molecule has 0 amide bonds. The minimum absolute atomic E-state index is 0. The van der Waals surface area contributed by atoms with E-state index in [1.165, 1.54) is 0 Å². The standard InChI is InChI=1S/CN.Fe.Ti/c1-2;;/q-1;;. The van der Waals surface area contributed by atoms with Crippen LogP contribution in [0.5, 0.6) is 0 Å². The van der Waals surface area contributed by atoms with Crippen molar-refractivity contribution in [3.8, 4) is 0 Å². The Morgan fingerprint density at radius 3 is 1.25 bits per heavy atom. The zero-order valence-electron chi connectivity index (χ0n) is 1.80. The van der Waals surface area contributed by atoms with E-state index in [0.717, 1.165) is 0 Å². The van der Waals surface area contributed by atoms with Gasteiger partial charge in [-0.15, -0.1) is 0 Å². The van der Waals surface area contributed by atoms with Crippen molar-refractivity contribution in [3.05, 3.63) is 6.57 Å². The fourth-order valence-electron chi connectivity index (χ4n) is 0. The van der Waals surface area contributed by atoms with Crippen LogP contribution in [0.1, 0.15) is 0 Å². The molecule has 1 nitrogen and oxygen atoms in total. The number of hydrogen-bond acceptors (Lipinski definition) is 1. The van der Waals surface area contributed by atoms with Crippen LogP contribution in [0.25, 0.3) is 0 Å². The fraction of sp³-hybridized carbons (Fsp3) is 0. The molecule has 0 fully saturated rings. The smallest absolute Gasteiger partial charge is 0 e. The van der Waals surface area contributed by atoms with E-state index in [9.17, 15) is 0 Å². The second-order valence-corrected chi connectivity index (χ2v) is 0. The van der Waals surface area contributed by atoms with Gasteiger partial charge in [-0.1, -0.05) is 0 Å². The van der Waals surface area contributed by atoms with Crippen molar-refractivity contribution in [3.63, 3.8) is 0 Å². The van der Waals surface area contributed by atoms with E-state index in [0.29, 0.717) is 0 Å². The van der Waals surface area contributed by atoms with Crippen molar-refractivity contribution >= 4 is 0 Å². The van der Waals surface area contributed by atoms with Gasteiger partial charge in [-0.2, -0.15) is 0 Å². The van der Waals surface area contributed by atoms with Crippen LogP contribution in [0.3, 0.4) is 0 Å². The average molecular weight is 130 g/mol. The Hall–Kier alpha value is 0.724. The largest absolute Gasteiger partial charge is 0.512 e. The third kappa shape index (κ3) is 15.5. The molecule has 0 aromatic heterocycles. The molecule has 0 aliphatic rings. The first kappa shape index (κ1) is 22.0. The van der Waals surface area contributed by atoms with Gasteiger partial charge in [0.1, 0.15) is 0 Å². The molecule has 0 saturated carbocycles. The normalized spacial score (nSPS) is 0.500. The number of rotatable bonds is 0. The van der Waals surface area contributed by atoms with E-state index in [1.54, 1.807) is 0 Å². The summed E-state index contributed by atoms with van der Waals surface area (Å²) in [6.07, 6.45) is 0. The zero-order chi connectivity index (χ0) is 2.00. The molecule has 0 atom stereocenters. The average Bonchev–Trinajstić information content (AvgIpc) is 1.00. The van der Waals surface area contributed by atoms with Gasteiger partial charge in [0, 0.05) is 38.8 Å². The predicted molar refractivity (Wildman–Crippen MR) is 4.97 cm³/mol. The molecule has 0 aromatic rings. The molecule has 0 rings (SSSR count). The first-order valence-electron chi connectivity index (χ1n) is 0.224. The minimum atomic E-state index is 0. The maximum atomic E-state index is 6.25. The van der Waals surface area contributed by atoms with Crippen LogP contribution >= 0.6 is 0 Å². The van der Waals surface area contributed by atoms with Crippen LogP contribution in [-0.2, 0) is 38.8 Å². The number of hydrogen-bond donors (Lipinski definition) is 0. The van der Waals surface area contributed by atoms with Crippen LogP contribution in [0.4, 0.5) is 0 Å². The number of nitrogens with zero attached hydrogens (tertiary/aromatic N) is 1. The van der Waals surface area contributed by atoms with Crippen molar-refractivity contribution in [2.45, 2.75) is 0 Å². The molecule has 0 aromatic carbocycles. The van der Waals surface area contributed by atoms with Gasteiger partial charge in [-0.05, 0) is 0 Å². The molecule has 0 spiro atoms. The van der Waals surface area contributed by atoms with E-state index in [-0.39, 0.29) is 38.8 Å². The van der Waals surface area contributed by atoms with E-state index < -0.39 is 0 Å². The molecular weight excluding hydrogens is 130 g/mol. The maximum absolute atomic E-state index is 6.25. The van der Waals surface area contributed by atoms with Gasteiger partial charge in [0.05, 0.1) is 0 Å². The van der Waals surface area contributed by atoms with Gasteiger partial charge in [-0.3, -0.25) is 0 Å². The summed E-state index contributed by atoms with van der Waals surface area (Å²) in [5.41, 5.74) is 0. The maximum Gasteiger partial charge on any atom is 0 e. The van der Waals surface area contributed by atoms with Crippen LogP contribution < -0.4 is 0 Å². The Kier molecular flexibility index (Phi) is 291. The molecule has 0 heterocycles. The van der Waals surface area contributed by atoms with E-state index in [1.807, 2.05) is 0 Å². The van der Waals surface area contributed by atoms with Crippen LogP contribution in [0, 0.1) is 11.8 Å². The molecule has 0 unspecified atom stereocenters. The predicted octanol–water partition coefficient (Wildman–Crippen LogP) is 0.0914. The van der Waals surface area contributed by atoms with Crippen molar-refractivity contribution in [1.82, 2.24) is 0 Å². The summed E-state index contributed by atoms with van der Waals surface area (Å²) in [5.74, 6) is 0. The summed E-state index contributed by atoms with van der Waals surface area (Å²) in [6.45, 7) is 4.75. The van der Waals surface area contributed by atoms with E-state index >= 15 is 0 Å². The van der Waals surface area contributed by atoms with Crippen molar-refractivity contribution in [1.29, 1.82) is 5.26 Å². The second-order valence-electron chi connectivity index (χ2n) is 0. The van der Waals surface area contributed by atoms with Gasteiger partial charge in [0.2, 0.25) is 0 Å². The summed E-state index contributed by atoms with van der Waals surface area (Å²) in [4.78, 5) is 0. The molecule has 4 heavy (non-hydrogen) atoms. The van der Waals surface area contributed by atoms with Crippen molar-refractivity contribution in [2.75, 3.05) is 0 Å². The second kappa shape index (κ2) is 52.7. The summed E-state index contributed by atoms with van der Waals surface area (Å²) >= 11 is 0. The molecule has 0 aliphatic heterocycles. The Morgan fingerprint density at radius 2 is 1.25 bits per heavy atom. The molecule has 22 valence electrons. The quantitative estimate of drug-likeness (QED) is 0.336. The van der Waals surface area contributed by atoms with Gasteiger partial charge in [0.25, 0.3) is 0 Å². The first-order valence-corrected chi connectivity index (χ1v) is 0.224. The Balaban J connectivity index is -0.00000000500. The fourth-order valence-corrected chi connectivity index (χ4v) is 0. The third-order valence-electron chi connectivity index (χ3n) is 0. The Morgan fingerprint density at radius 1 is 1.25 bits per heavy atom. The monoisotopic (exact) mass is 130 g/mol. The molecule has 0 N–H and O–H groups in total. The topological polar surface area (TPSA) is 23.8 Å². The van der Waals surface area contributed by atoms with Crippen molar-refractivity contribution < 1.29 is 38.8 Å². The van der Waals surface area contributed by atoms with E-state index in [4.69, 9.17) is 11.8 Å². The molecule has 0 bridgehead atoms. The summed E-state index contributed by atoms with van der Waals surface area (Å²) < 4.78 is 0. The SMILES string of the molecule is [C-]#N.[Fe].[Ti]. The minimum Gasteiger partial charge on any atom is -0.512 e. The van der Waals surface area contributed by atoms with Gasteiger partial charge >= 0.3 is 0 Å². The first-order chi connectivity index (χ1) is 1.00. The summed E-state index contributed by atoms with van der Waals surface area (Å²) in [5, 5.41) is 6.25. The molecular formula is CFeNTi-. The Bertz CT molecular complexity index is 12.8. The van der Waals surface area contributed by atoms with Crippen LogP contribution in [0.15, 0.2) is 0 Å². The summed E-state index contributed by atoms with van der Waals surface area (Å²) in [7, 11) is 0. The van der Waals surface area contributed by atoms with Crippen molar-refractivity contribution in [2.24, 2.45) is 0 Å². The molecule has 0 saturated heterocycles. The zero-order valence-corrected chi connectivity index (χ0v) is 4.47. The van der Waals surface area contributed by atoms with Gasteiger partial charge < -0.3 is 11.8 Å². The van der Waals surface area contributed by atoms with Crippen LogP contribution in [-0.4, -0.2) is 0 Å². The third-order valence-corrected chi connectivity index (χ3v) is 0. The Labute approximate surface area is 50.7 Å². The molecule has 0 radical (unpaired) electrons. The summed E-state index contributed by atoms with van der Waals surface area (Å²) in [6, 6.07) is 0. The van der Waals surface area contributed by atoms with E-state index in [2.05, 4.69) is 0 Å².